The summed E-state index contributed by atoms with van der Waals surface area (Å²) in [5.41, 5.74) is 2.88. The first-order chi connectivity index (χ1) is 15.0. The molecule has 0 spiro atoms. The molecule has 31 heavy (non-hydrogen) atoms. The van der Waals surface area contributed by atoms with Gasteiger partial charge in [-0.2, -0.15) is 0 Å². The van der Waals surface area contributed by atoms with Crippen molar-refractivity contribution in [3.05, 3.63) is 71.1 Å². The number of hydrogen-bond acceptors (Lipinski definition) is 2. The van der Waals surface area contributed by atoms with Crippen molar-refractivity contribution in [2.24, 2.45) is 23.7 Å². The molecule has 5 atom stereocenters. The number of amides is 1. The highest BCUT2D eigenvalue weighted by molar-refractivity contribution is 6.30. The molecule has 0 saturated heterocycles. The number of hydrogen-bond donors (Lipinski definition) is 1. The first-order valence-corrected chi connectivity index (χ1v) is 11.5. The van der Waals surface area contributed by atoms with Gasteiger partial charge in [-0.3, -0.25) is 9.78 Å². The minimum absolute atomic E-state index is 0.0180. The number of anilines is 1. The molecule has 2 saturated carbocycles. The summed E-state index contributed by atoms with van der Waals surface area (Å²) in [6, 6.07) is 14.2. The van der Waals surface area contributed by atoms with Gasteiger partial charge < -0.3 is 5.32 Å². The molecular formula is C26H26ClFN2O. The molecule has 1 N–H and O–H groups in total. The van der Waals surface area contributed by atoms with E-state index in [1.165, 1.54) is 11.6 Å². The molecule has 1 aromatic heterocycles. The van der Waals surface area contributed by atoms with Gasteiger partial charge >= 0.3 is 0 Å². The van der Waals surface area contributed by atoms with Crippen LogP contribution in [0.25, 0.3) is 10.9 Å². The van der Waals surface area contributed by atoms with E-state index in [2.05, 4.69) is 16.4 Å². The third-order valence-electron chi connectivity index (χ3n) is 7.46. The van der Waals surface area contributed by atoms with Crippen molar-refractivity contribution in [1.82, 2.24) is 4.98 Å². The third-order valence-corrected chi connectivity index (χ3v) is 7.71. The second kappa shape index (κ2) is 8.23. The summed E-state index contributed by atoms with van der Waals surface area (Å²) in [6.07, 6.45) is 6.25. The van der Waals surface area contributed by atoms with E-state index in [9.17, 15) is 9.18 Å². The summed E-state index contributed by atoms with van der Waals surface area (Å²) in [7, 11) is 0. The summed E-state index contributed by atoms with van der Waals surface area (Å²) in [4.78, 5) is 17.2. The second-order valence-electron chi connectivity index (χ2n) is 9.27. The zero-order valence-electron chi connectivity index (χ0n) is 17.5. The number of carbonyl (C=O) groups excluding carboxylic acids is 1. The molecule has 5 rings (SSSR count). The quantitative estimate of drug-likeness (QED) is 0.487. The SMILES string of the molecule is CC(C(=O)Nc1ccc(Cl)cc1)[C@@H]1C[C@H]2C[C@@H](c3ccnc4ccc(F)cc34)C[C@H]2C1. The standard InChI is InChI=1S/C26H26ClFN2O/c1-15(26(31)30-22-5-2-20(27)3-6-22)16-10-17-12-19(13-18(17)11-16)23-8-9-29-25-7-4-21(28)14-24(23)25/h2-9,14-19H,10-13H2,1H3,(H,30,31)/t15?,16-,17+,18-,19-. The molecular weight excluding hydrogens is 411 g/mol. The number of benzene rings is 2. The molecule has 160 valence electrons. The first-order valence-electron chi connectivity index (χ1n) is 11.1. The molecule has 2 aliphatic carbocycles. The van der Waals surface area contributed by atoms with Crippen LogP contribution in [0, 0.1) is 29.5 Å². The van der Waals surface area contributed by atoms with Crippen LogP contribution in [0.2, 0.25) is 5.02 Å². The number of nitrogens with one attached hydrogen (secondary N) is 1. The molecule has 0 bridgehead atoms. The summed E-state index contributed by atoms with van der Waals surface area (Å²) in [5.74, 6) is 1.99. The molecule has 1 amide bonds. The van der Waals surface area contributed by atoms with E-state index in [0.717, 1.165) is 42.3 Å². The summed E-state index contributed by atoms with van der Waals surface area (Å²) < 4.78 is 13.9. The Morgan fingerprint density at radius 3 is 2.48 bits per heavy atom. The van der Waals surface area contributed by atoms with Crippen LogP contribution in [-0.4, -0.2) is 10.9 Å². The van der Waals surface area contributed by atoms with Crippen LogP contribution in [0.4, 0.5) is 10.1 Å². The van der Waals surface area contributed by atoms with Crippen LogP contribution in [0.1, 0.15) is 44.1 Å². The molecule has 1 heterocycles. The lowest BCUT2D eigenvalue weighted by Gasteiger charge is -2.21. The zero-order chi connectivity index (χ0) is 21.5. The monoisotopic (exact) mass is 436 g/mol. The molecule has 0 radical (unpaired) electrons. The van der Waals surface area contributed by atoms with Crippen LogP contribution >= 0.6 is 11.6 Å². The maximum absolute atomic E-state index is 13.9. The molecule has 0 aliphatic heterocycles. The topological polar surface area (TPSA) is 42.0 Å². The summed E-state index contributed by atoms with van der Waals surface area (Å²) >= 11 is 5.93. The van der Waals surface area contributed by atoms with Crippen LogP contribution in [0.15, 0.2) is 54.7 Å². The predicted octanol–water partition coefficient (Wildman–Crippen LogP) is 6.82. The lowest BCUT2D eigenvalue weighted by molar-refractivity contribution is -0.120. The van der Waals surface area contributed by atoms with Gasteiger partial charge in [0.1, 0.15) is 5.82 Å². The van der Waals surface area contributed by atoms with Crippen molar-refractivity contribution < 1.29 is 9.18 Å². The molecule has 2 aromatic carbocycles. The number of rotatable bonds is 4. The highest BCUT2D eigenvalue weighted by Crippen LogP contribution is 2.54. The molecule has 3 aromatic rings. The van der Waals surface area contributed by atoms with Gasteiger partial charge in [-0.05, 0) is 103 Å². The second-order valence-corrected chi connectivity index (χ2v) is 9.70. The maximum Gasteiger partial charge on any atom is 0.227 e. The van der Waals surface area contributed by atoms with Crippen molar-refractivity contribution in [3.63, 3.8) is 0 Å². The largest absolute Gasteiger partial charge is 0.326 e. The predicted molar refractivity (Wildman–Crippen MR) is 123 cm³/mol. The van der Waals surface area contributed by atoms with Gasteiger partial charge in [0.2, 0.25) is 5.91 Å². The fourth-order valence-electron chi connectivity index (χ4n) is 5.82. The third kappa shape index (κ3) is 4.06. The molecule has 2 fully saturated rings. The lowest BCUT2D eigenvalue weighted by Crippen LogP contribution is -2.26. The van der Waals surface area contributed by atoms with Gasteiger partial charge in [0.25, 0.3) is 0 Å². The van der Waals surface area contributed by atoms with Crippen LogP contribution in [-0.2, 0) is 4.79 Å². The number of nitrogens with zero attached hydrogens (tertiary/aromatic N) is 1. The number of carbonyl (C=O) groups is 1. The van der Waals surface area contributed by atoms with E-state index in [4.69, 9.17) is 11.6 Å². The fourth-order valence-corrected chi connectivity index (χ4v) is 5.95. The van der Waals surface area contributed by atoms with Crippen molar-refractivity contribution >= 4 is 34.1 Å². The Morgan fingerprint density at radius 1 is 1.06 bits per heavy atom. The van der Waals surface area contributed by atoms with E-state index in [1.807, 2.05) is 25.3 Å². The Bertz CT molecular complexity index is 1100. The van der Waals surface area contributed by atoms with Gasteiger partial charge in [-0.15, -0.1) is 0 Å². The van der Waals surface area contributed by atoms with Crippen LogP contribution in [0.3, 0.4) is 0 Å². The minimum atomic E-state index is -0.208. The van der Waals surface area contributed by atoms with E-state index < -0.39 is 0 Å². The highest BCUT2D eigenvalue weighted by Gasteiger charge is 2.44. The fraction of sp³-hybridized carbons (Fsp3) is 0.385. The van der Waals surface area contributed by atoms with Crippen LogP contribution in [0.5, 0.6) is 0 Å². The Balaban J connectivity index is 1.24. The Morgan fingerprint density at radius 2 is 1.77 bits per heavy atom. The van der Waals surface area contributed by atoms with Gasteiger partial charge in [-0.1, -0.05) is 18.5 Å². The van der Waals surface area contributed by atoms with Gasteiger partial charge in [0.05, 0.1) is 5.52 Å². The number of pyridine rings is 1. The molecule has 2 aliphatic rings. The average Bonchev–Trinajstić information content (AvgIpc) is 3.33. The maximum atomic E-state index is 13.9. The summed E-state index contributed by atoms with van der Waals surface area (Å²) in [5, 5.41) is 4.64. The van der Waals surface area contributed by atoms with E-state index >= 15 is 0 Å². The lowest BCUT2D eigenvalue weighted by atomic mass is 9.86. The van der Waals surface area contributed by atoms with Crippen molar-refractivity contribution in [2.45, 2.75) is 38.5 Å². The Labute approximate surface area is 187 Å². The Kier molecular flexibility index (Phi) is 5.43. The molecule has 3 nitrogen and oxygen atoms in total. The van der Waals surface area contributed by atoms with Gasteiger partial charge in [-0.25, -0.2) is 4.39 Å². The number of fused-ring (bicyclic) bond motifs is 2. The van der Waals surface area contributed by atoms with E-state index in [0.29, 0.717) is 28.7 Å². The minimum Gasteiger partial charge on any atom is -0.326 e. The molecule has 1 unspecified atom stereocenters. The molecule has 5 heteroatoms. The number of halogens is 2. The summed E-state index contributed by atoms with van der Waals surface area (Å²) in [6.45, 7) is 2.05. The van der Waals surface area contributed by atoms with Gasteiger partial charge in [0, 0.05) is 28.2 Å². The first kappa shape index (κ1) is 20.4. The van der Waals surface area contributed by atoms with Crippen molar-refractivity contribution in [3.8, 4) is 0 Å². The Hall–Kier alpha value is -2.46. The average molecular weight is 437 g/mol. The highest BCUT2D eigenvalue weighted by atomic mass is 35.5. The van der Waals surface area contributed by atoms with Crippen molar-refractivity contribution in [1.29, 1.82) is 0 Å². The van der Waals surface area contributed by atoms with E-state index in [1.54, 1.807) is 24.3 Å². The number of aromatic nitrogens is 1. The zero-order valence-corrected chi connectivity index (χ0v) is 18.3. The van der Waals surface area contributed by atoms with Gasteiger partial charge in [0.15, 0.2) is 0 Å². The smallest absolute Gasteiger partial charge is 0.227 e. The van der Waals surface area contributed by atoms with E-state index in [-0.39, 0.29) is 17.6 Å². The van der Waals surface area contributed by atoms with Crippen molar-refractivity contribution in [2.75, 3.05) is 5.32 Å². The normalized spacial score (nSPS) is 26.0. The van der Waals surface area contributed by atoms with Crippen LogP contribution < -0.4 is 5.32 Å².